The number of hydrogen-bond acceptors (Lipinski definition) is 4. The van der Waals surface area contributed by atoms with Crippen LogP contribution in [0.1, 0.15) is 64.0 Å². The molecule has 2 fully saturated rings. The van der Waals surface area contributed by atoms with Crippen molar-refractivity contribution in [1.82, 2.24) is 24.2 Å². The highest BCUT2D eigenvalue weighted by molar-refractivity contribution is 5.11. The fraction of sp³-hybridized carbons (Fsp3) is 0.650. The molecule has 1 aliphatic carbocycles. The quantitative estimate of drug-likeness (QED) is 0.827. The predicted molar refractivity (Wildman–Crippen MR) is 101 cm³/mol. The molecule has 1 aliphatic heterocycles. The smallest absolute Gasteiger partial charge is 0.266 e. The zero-order valence-electron chi connectivity index (χ0n) is 16.1. The summed E-state index contributed by atoms with van der Waals surface area (Å²) in [5.74, 6) is 1.16. The lowest BCUT2D eigenvalue weighted by Gasteiger charge is -2.25. The Balaban J connectivity index is 1.50. The van der Waals surface area contributed by atoms with Gasteiger partial charge < -0.3 is 4.57 Å². The maximum atomic E-state index is 12.3. The highest BCUT2D eigenvalue weighted by Crippen LogP contribution is 2.36. The summed E-state index contributed by atoms with van der Waals surface area (Å²) in [6, 6.07) is 4.52. The van der Waals surface area contributed by atoms with Crippen LogP contribution in [0.15, 0.2) is 29.3 Å². The molecule has 0 amide bonds. The van der Waals surface area contributed by atoms with Gasteiger partial charge in [-0.25, -0.2) is 9.67 Å². The lowest BCUT2D eigenvalue weighted by molar-refractivity contribution is 0.208. The van der Waals surface area contributed by atoms with Crippen molar-refractivity contribution >= 4 is 0 Å². The summed E-state index contributed by atoms with van der Waals surface area (Å²) in [7, 11) is 0. The molecule has 1 unspecified atom stereocenters. The Labute approximate surface area is 154 Å². The monoisotopic (exact) mass is 355 g/mol. The van der Waals surface area contributed by atoms with E-state index in [4.69, 9.17) is 0 Å². The Morgan fingerprint density at radius 2 is 2.00 bits per heavy atom. The molecule has 0 spiro atoms. The van der Waals surface area contributed by atoms with Crippen molar-refractivity contribution in [3.8, 4) is 0 Å². The second-order valence-corrected chi connectivity index (χ2v) is 8.74. The van der Waals surface area contributed by atoms with Gasteiger partial charge in [-0.1, -0.05) is 20.8 Å². The number of nitrogens with zero attached hydrogens (tertiary/aromatic N) is 5. The lowest BCUT2D eigenvalue weighted by atomic mass is 9.92. The van der Waals surface area contributed by atoms with E-state index < -0.39 is 0 Å². The number of hydrogen-bond donors (Lipinski definition) is 0. The summed E-state index contributed by atoms with van der Waals surface area (Å²) in [5.41, 5.74) is 0.898. The molecule has 4 rings (SSSR count). The van der Waals surface area contributed by atoms with Gasteiger partial charge in [0.2, 0.25) is 0 Å². The van der Waals surface area contributed by atoms with Crippen molar-refractivity contribution < 1.29 is 0 Å². The van der Waals surface area contributed by atoms with Gasteiger partial charge in [0.05, 0.1) is 18.8 Å². The number of likely N-dealkylation sites (tertiary alicyclic amines) is 1. The van der Waals surface area contributed by atoms with E-state index in [0.717, 1.165) is 31.0 Å². The van der Waals surface area contributed by atoms with Gasteiger partial charge in [0.1, 0.15) is 5.82 Å². The van der Waals surface area contributed by atoms with E-state index in [0.29, 0.717) is 18.6 Å². The maximum absolute atomic E-state index is 12.3. The Bertz CT molecular complexity index is 827. The van der Waals surface area contributed by atoms with Crippen molar-refractivity contribution in [1.29, 1.82) is 0 Å². The van der Waals surface area contributed by atoms with Gasteiger partial charge in [-0.15, -0.1) is 0 Å². The molecule has 0 N–H and O–H groups in total. The minimum Gasteiger partial charge on any atom is -0.331 e. The molecule has 3 heterocycles. The normalized spacial score (nSPS) is 21.4. The molecule has 0 aromatic carbocycles. The van der Waals surface area contributed by atoms with E-state index >= 15 is 0 Å². The summed E-state index contributed by atoms with van der Waals surface area (Å²) in [6.45, 7) is 8.97. The Morgan fingerprint density at radius 3 is 2.73 bits per heavy atom. The molecule has 0 bridgehead atoms. The number of rotatable bonds is 5. The maximum Gasteiger partial charge on any atom is 0.266 e. The van der Waals surface area contributed by atoms with E-state index in [1.54, 1.807) is 10.7 Å². The minimum absolute atomic E-state index is 0.00988. The summed E-state index contributed by atoms with van der Waals surface area (Å²) < 4.78 is 4.00. The largest absolute Gasteiger partial charge is 0.331 e. The molecule has 1 atom stereocenters. The van der Waals surface area contributed by atoms with Crippen molar-refractivity contribution in [3.63, 3.8) is 0 Å². The van der Waals surface area contributed by atoms with Gasteiger partial charge in [-0.2, -0.15) is 5.10 Å². The van der Waals surface area contributed by atoms with E-state index in [1.807, 2.05) is 12.3 Å². The lowest BCUT2D eigenvalue weighted by Crippen LogP contribution is -2.38. The van der Waals surface area contributed by atoms with Crippen LogP contribution in [0.4, 0.5) is 0 Å². The summed E-state index contributed by atoms with van der Waals surface area (Å²) in [4.78, 5) is 19.4. The standard InChI is InChI=1S/C20H29N5O/c1-20(2,3)17-8-9-19(26)25(22-17)13-16-5-4-11-23(16)14-18-21-10-12-24(18)15-6-7-15/h8-10,12,15-16H,4-7,11,13-14H2,1-3H3. The van der Waals surface area contributed by atoms with E-state index in [1.165, 1.54) is 19.3 Å². The average Bonchev–Trinajstić information content (AvgIpc) is 3.17. The molecule has 0 radical (unpaired) electrons. The molecule has 6 nitrogen and oxygen atoms in total. The highest BCUT2D eigenvalue weighted by Gasteiger charge is 2.30. The molecule has 2 aromatic rings. The van der Waals surface area contributed by atoms with E-state index in [9.17, 15) is 4.79 Å². The van der Waals surface area contributed by atoms with Crippen molar-refractivity contribution in [3.05, 3.63) is 46.4 Å². The SMILES string of the molecule is CC(C)(C)c1ccc(=O)n(CC2CCCN2Cc2nccn2C2CC2)n1. The van der Waals surface area contributed by atoms with Gasteiger partial charge in [0, 0.05) is 36.0 Å². The topological polar surface area (TPSA) is 56.0 Å². The first-order valence-corrected chi connectivity index (χ1v) is 9.76. The average molecular weight is 355 g/mol. The molecular weight excluding hydrogens is 326 g/mol. The first kappa shape index (κ1) is 17.5. The number of aromatic nitrogens is 4. The zero-order valence-corrected chi connectivity index (χ0v) is 16.1. The van der Waals surface area contributed by atoms with Crippen LogP contribution in [0.2, 0.25) is 0 Å². The van der Waals surface area contributed by atoms with Crippen molar-refractivity contribution in [2.24, 2.45) is 0 Å². The van der Waals surface area contributed by atoms with Crippen LogP contribution in [0.5, 0.6) is 0 Å². The van der Waals surface area contributed by atoms with Gasteiger partial charge in [-0.05, 0) is 38.3 Å². The number of imidazole rings is 1. The van der Waals surface area contributed by atoms with Gasteiger partial charge in [0.25, 0.3) is 5.56 Å². The van der Waals surface area contributed by atoms with E-state index in [2.05, 4.69) is 46.5 Å². The van der Waals surface area contributed by atoms with Crippen LogP contribution in [0.25, 0.3) is 0 Å². The van der Waals surface area contributed by atoms with E-state index in [-0.39, 0.29) is 11.0 Å². The highest BCUT2D eigenvalue weighted by atomic mass is 16.1. The van der Waals surface area contributed by atoms with Crippen LogP contribution < -0.4 is 5.56 Å². The Morgan fingerprint density at radius 1 is 1.19 bits per heavy atom. The summed E-state index contributed by atoms with van der Waals surface area (Å²) in [5, 5.41) is 4.65. The summed E-state index contributed by atoms with van der Waals surface area (Å²) in [6.07, 6.45) is 8.84. The Kier molecular flexibility index (Phi) is 4.47. The molecular formula is C20H29N5O. The Hall–Kier alpha value is -1.95. The molecule has 2 aromatic heterocycles. The zero-order chi connectivity index (χ0) is 18.3. The second kappa shape index (κ2) is 6.65. The van der Waals surface area contributed by atoms with Crippen LogP contribution >= 0.6 is 0 Å². The predicted octanol–water partition coefficient (Wildman–Crippen LogP) is 2.74. The molecule has 2 aliphatic rings. The molecule has 6 heteroatoms. The molecule has 26 heavy (non-hydrogen) atoms. The first-order chi connectivity index (χ1) is 12.4. The van der Waals surface area contributed by atoms with Crippen LogP contribution in [-0.4, -0.2) is 36.8 Å². The first-order valence-electron chi connectivity index (χ1n) is 9.76. The third kappa shape index (κ3) is 3.61. The van der Waals surface area contributed by atoms with Gasteiger partial charge >= 0.3 is 0 Å². The summed E-state index contributed by atoms with van der Waals surface area (Å²) >= 11 is 0. The molecule has 1 saturated heterocycles. The molecule has 140 valence electrons. The second-order valence-electron chi connectivity index (χ2n) is 8.74. The fourth-order valence-corrected chi connectivity index (χ4v) is 3.82. The fourth-order valence-electron chi connectivity index (χ4n) is 3.82. The third-order valence-electron chi connectivity index (χ3n) is 5.55. The van der Waals surface area contributed by atoms with Crippen molar-refractivity contribution in [2.45, 2.75) is 77.0 Å². The van der Waals surface area contributed by atoms with Crippen LogP contribution in [-0.2, 0) is 18.5 Å². The minimum atomic E-state index is -0.0557. The van der Waals surface area contributed by atoms with Crippen molar-refractivity contribution in [2.75, 3.05) is 6.54 Å². The van der Waals surface area contributed by atoms with Gasteiger partial charge in [0.15, 0.2) is 0 Å². The van der Waals surface area contributed by atoms with Gasteiger partial charge in [-0.3, -0.25) is 9.69 Å². The van der Waals surface area contributed by atoms with Crippen LogP contribution in [0, 0.1) is 0 Å². The molecule has 1 saturated carbocycles. The third-order valence-corrected chi connectivity index (χ3v) is 5.55. The van der Waals surface area contributed by atoms with Crippen LogP contribution in [0.3, 0.4) is 0 Å².